The summed E-state index contributed by atoms with van der Waals surface area (Å²) in [4.78, 5) is 4.84. The molecular formula is C63H56N2. The molecule has 0 amide bonds. The van der Waals surface area contributed by atoms with E-state index in [1.807, 2.05) is 0 Å². The Morgan fingerprint density at radius 1 is 0.308 bits per heavy atom. The number of benzene rings is 9. The summed E-state index contributed by atoms with van der Waals surface area (Å²) in [6, 6.07) is 73.7. The molecule has 2 heteroatoms. The van der Waals surface area contributed by atoms with Gasteiger partial charge < -0.3 is 9.80 Å². The fourth-order valence-electron chi connectivity index (χ4n) is 10.6. The zero-order valence-electron chi connectivity index (χ0n) is 38.9. The molecular weight excluding hydrogens is 785 g/mol. The summed E-state index contributed by atoms with van der Waals surface area (Å²) < 4.78 is 0. The number of fused-ring (bicyclic) bond motifs is 11. The highest BCUT2D eigenvalue weighted by molar-refractivity contribution is 6.02. The predicted octanol–water partition coefficient (Wildman–Crippen LogP) is 17.3. The number of anilines is 6. The van der Waals surface area contributed by atoms with Crippen LogP contribution >= 0.6 is 0 Å². The van der Waals surface area contributed by atoms with E-state index >= 15 is 0 Å². The molecule has 0 N–H and O–H groups in total. The SMILES string of the molecule is Cc1ccc(N(c2ccc(C(C)(C)C)cc2)c2ccc3c(c2)C2(c4ccccc4-c4ccccc42)c2cc4cc(N(c5ccc(C)cc5)c5ccc(C(C)(C)C)cc5)ccc4cc2-3)cc1. The molecule has 1 spiro atoms. The monoisotopic (exact) mass is 840 g/mol. The lowest BCUT2D eigenvalue weighted by molar-refractivity contribution is 0.590. The molecule has 9 aromatic carbocycles. The van der Waals surface area contributed by atoms with Crippen molar-refractivity contribution in [3.63, 3.8) is 0 Å². The van der Waals surface area contributed by atoms with Gasteiger partial charge in [0.1, 0.15) is 0 Å². The van der Waals surface area contributed by atoms with Crippen LogP contribution in [0.1, 0.15) is 86.1 Å². The van der Waals surface area contributed by atoms with Crippen molar-refractivity contribution >= 4 is 44.9 Å². The third kappa shape index (κ3) is 6.61. The van der Waals surface area contributed by atoms with E-state index in [-0.39, 0.29) is 10.8 Å². The van der Waals surface area contributed by atoms with Crippen LogP contribution in [0.2, 0.25) is 0 Å². The van der Waals surface area contributed by atoms with Gasteiger partial charge in [-0.05, 0) is 176 Å². The van der Waals surface area contributed by atoms with Crippen LogP contribution in [0.15, 0.2) is 194 Å². The second-order valence-electron chi connectivity index (χ2n) is 20.4. The first-order valence-corrected chi connectivity index (χ1v) is 23.2. The van der Waals surface area contributed by atoms with Gasteiger partial charge in [0.2, 0.25) is 0 Å². The summed E-state index contributed by atoms with van der Waals surface area (Å²) in [6.45, 7) is 18.0. The average molecular weight is 841 g/mol. The lowest BCUT2D eigenvalue weighted by atomic mass is 9.70. The van der Waals surface area contributed by atoms with Crippen LogP contribution in [0.5, 0.6) is 0 Å². The van der Waals surface area contributed by atoms with Crippen molar-refractivity contribution in [3.05, 3.63) is 239 Å². The molecule has 0 saturated carbocycles. The average Bonchev–Trinajstić information content (AvgIpc) is 3.76. The van der Waals surface area contributed by atoms with Crippen LogP contribution in [0.4, 0.5) is 34.1 Å². The van der Waals surface area contributed by atoms with E-state index in [1.54, 1.807) is 0 Å². The third-order valence-electron chi connectivity index (χ3n) is 14.1. The number of hydrogen-bond donors (Lipinski definition) is 0. The number of nitrogens with zero attached hydrogens (tertiary/aromatic N) is 2. The Bertz CT molecular complexity index is 3220. The molecule has 0 bridgehead atoms. The molecule has 0 saturated heterocycles. The minimum Gasteiger partial charge on any atom is -0.310 e. The van der Waals surface area contributed by atoms with Gasteiger partial charge >= 0.3 is 0 Å². The first-order valence-electron chi connectivity index (χ1n) is 23.2. The van der Waals surface area contributed by atoms with Gasteiger partial charge in [-0.3, -0.25) is 0 Å². The van der Waals surface area contributed by atoms with Crippen LogP contribution in [0.3, 0.4) is 0 Å². The van der Waals surface area contributed by atoms with Crippen molar-refractivity contribution in [1.29, 1.82) is 0 Å². The maximum atomic E-state index is 2.52. The molecule has 0 atom stereocenters. The minimum atomic E-state index is -0.521. The molecule has 2 nitrogen and oxygen atoms in total. The van der Waals surface area contributed by atoms with Crippen molar-refractivity contribution < 1.29 is 0 Å². The number of rotatable bonds is 6. The van der Waals surface area contributed by atoms with E-state index in [0.717, 1.165) is 34.1 Å². The summed E-state index contributed by atoms with van der Waals surface area (Å²) in [5, 5.41) is 2.45. The van der Waals surface area contributed by atoms with Crippen molar-refractivity contribution in [3.8, 4) is 22.3 Å². The first kappa shape index (κ1) is 40.6. The highest BCUT2D eigenvalue weighted by Crippen LogP contribution is 2.64. The predicted molar refractivity (Wildman–Crippen MR) is 276 cm³/mol. The topological polar surface area (TPSA) is 6.48 Å². The highest BCUT2D eigenvalue weighted by Gasteiger charge is 2.52. The zero-order valence-corrected chi connectivity index (χ0v) is 38.9. The summed E-state index contributed by atoms with van der Waals surface area (Å²) in [5.41, 5.74) is 22.1. The van der Waals surface area contributed by atoms with Crippen molar-refractivity contribution in [1.82, 2.24) is 0 Å². The van der Waals surface area contributed by atoms with Gasteiger partial charge in [-0.2, -0.15) is 0 Å². The maximum absolute atomic E-state index is 2.52. The van der Waals surface area contributed by atoms with Gasteiger partial charge in [0.05, 0.1) is 5.41 Å². The van der Waals surface area contributed by atoms with Crippen LogP contribution in [-0.4, -0.2) is 0 Å². The van der Waals surface area contributed by atoms with Crippen molar-refractivity contribution in [2.45, 2.75) is 71.6 Å². The molecule has 11 rings (SSSR count). The summed E-state index contributed by atoms with van der Waals surface area (Å²) in [6.07, 6.45) is 0. The number of hydrogen-bond acceptors (Lipinski definition) is 2. The molecule has 0 heterocycles. The fourth-order valence-corrected chi connectivity index (χ4v) is 10.6. The Kier molecular flexibility index (Phi) is 9.35. The Morgan fingerprint density at radius 2 is 0.692 bits per heavy atom. The van der Waals surface area contributed by atoms with Crippen LogP contribution in [0, 0.1) is 13.8 Å². The zero-order chi connectivity index (χ0) is 44.8. The maximum Gasteiger partial charge on any atom is 0.0726 e. The van der Waals surface area contributed by atoms with Gasteiger partial charge in [-0.15, -0.1) is 0 Å². The minimum absolute atomic E-state index is 0.0587. The van der Waals surface area contributed by atoms with Gasteiger partial charge in [0.25, 0.3) is 0 Å². The first-order chi connectivity index (χ1) is 31.3. The van der Waals surface area contributed by atoms with Gasteiger partial charge in [-0.1, -0.05) is 162 Å². The quantitative estimate of drug-likeness (QED) is 0.165. The normalized spacial score (nSPS) is 13.4. The van der Waals surface area contributed by atoms with E-state index < -0.39 is 5.41 Å². The molecule has 0 fully saturated rings. The van der Waals surface area contributed by atoms with Gasteiger partial charge in [-0.25, -0.2) is 0 Å². The Labute approximate surface area is 385 Å². The number of aryl methyl sites for hydroxylation is 2. The van der Waals surface area contributed by atoms with E-state index in [4.69, 9.17) is 0 Å². The molecule has 9 aromatic rings. The summed E-state index contributed by atoms with van der Waals surface area (Å²) in [7, 11) is 0. The fraction of sp³-hybridized carbons (Fsp3) is 0.175. The van der Waals surface area contributed by atoms with E-state index in [1.165, 1.54) is 77.5 Å². The Hall–Kier alpha value is -7.16. The smallest absolute Gasteiger partial charge is 0.0726 e. The standard InChI is InChI=1S/C63H56N2/c1-41-17-26-47(27-18-41)64(49-31-22-45(23-32-49)61(3,4)5)51-30-21-43-38-56-55-36-35-52(65(48-28-19-42(2)20-29-48)50-33-24-46(25-34-50)62(6,7)8)40-60(55)63(59(56)39-44(43)37-51)57-15-11-9-13-53(57)54-14-10-12-16-58(54)63/h9-40H,1-8H3. The summed E-state index contributed by atoms with van der Waals surface area (Å²) >= 11 is 0. The van der Waals surface area contributed by atoms with Crippen LogP contribution < -0.4 is 9.80 Å². The van der Waals surface area contributed by atoms with E-state index in [2.05, 4.69) is 259 Å². The lowest BCUT2D eigenvalue weighted by Gasteiger charge is -2.32. The van der Waals surface area contributed by atoms with E-state index in [9.17, 15) is 0 Å². The molecule has 2 aliphatic rings. The van der Waals surface area contributed by atoms with E-state index in [0.29, 0.717) is 0 Å². The molecule has 0 radical (unpaired) electrons. The molecule has 2 aliphatic carbocycles. The van der Waals surface area contributed by atoms with Crippen LogP contribution in [0.25, 0.3) is 33.0 Å². The molecule has 318 valence electrons. The Balaban J connectivity index is 1.13. The van der Waals surface area contributed by atoms with Crippen molar-refractivity contribution in [2.24, 2.45) is 0 Å². The van der Waals surface area contributed by atoms with Crippen molar-refractivity contribution in [2.75, 3.05) is 9.80 Å². The molecule has 0 unspecified atom stereocenters. The highest BCUT2D eigenvalue weighted by atomic mass is 15.1. The second-order valence-corrected chi connectivity index (χ2v) is 20.4. The van der Waals surface area contributed by atoms with Crippen LogP contribution in [-0.2, 0) is 16.2 Å². The van der Waals surface area contributed by atoms with Gasteiger partial charge in [0, 0.05) is 34.1 Å². The largest absolute Gasteiger partial charge is 0.310 e. The second kappa shape index (κ2) is 15.0. The molecule has 0 aromatic heterocycles. The molecule has 0 aliphatic heterocycles. The van der Waals surface area contributed by atoms with Gasteiger partial charge in [0.15, 0.2) is 0 Å². The molecule has 65 heavy (non-hydrogen) atoms. The lowest BCUT2D eigenvalue weighted by Crippen LogP contribution is -2.26. The third-order valence-corrected chi connectivity index (χ3v) is 14.1. The Morgan fingerprint density at radius 3 is 1.17 bits per heavy atom. The summed E-state index contributed by atoms with van der Waals surface area (Å²) in [5.74, 6) is 0.